The number of nitrogens with one attached hydrogen (secondary N) is 1. The van der Waals surface area contributed by atoms with Crippen molar-refractivity contribution in [2.24, 2.45) is 10.2 Å². The van der Waals surface area contributed by atoms with Gasteiger partial charge in [-0.2, -0.15) is 9.80 Å². The lowest BCUT2D eigenvalue weighted by Crippen LogP contribution is -2.13. The summed E-state index contributed by atoms with van der Waals surface area (Å²) in [6.45, 7) is 0.561. The van der Waals surface area contributed by atoms with Gasteiger partial charge in [0, 0.05) is 22.1 Å². The third-order valence-electron chi connectivity index (χ3n) is 5.69. The SMILES string of the molecule is COc1ccc(-c2csc(-n3[nH]c(-c4ccccc4)c(N=Nc4ccc5c(c4)CO5)c3=O)n2)cc1. The molecule has 3 aromatic carbocycles. The summed E-state index contributed by atoms with van der Waals surface area (Å²) in [5, 5.41) is 14.3. The van der Waals surface area contributed by atoms with Gasteiger partial charge in [-0.25, -0.2) is 4.98 Å². The van der Waals surface area contributed by atoms with Crippen molar-refractivity contribution >= 4 is 22.7 Å². The number of ether oxygens (including phenoxy) is 2. The van der Waals surface area contributed by atoms with E-state index in [1.807, 2.05) is 78.2 Å². The first-order chi connectivity index (χ1) is 17.2. The van der Waals surface area contributed by atoms with Crippen LogP contribution in [0.1, 0.15) is 5.56 Å². The quantitative estimate of drug-likeness (QED) is 0.289. The Balaban J connectivity index is 1.40. The van der Waals surface area contributed by atoms with Crippen LogP contribution in [0.5, 0.6) is 11.5 Å². The van der Waals surface area contributed by atoms with Gasteiger partial charge in [0.05, 0.1) is 24.2 Å². The minimum absolute atomic E-state index is 0.219. The van der Waals surface area contributed by atoms with Crippen molar-refractivity contribution in [3.63, 3.8) is 0 Å². The average molecular weight is 482 g/mol. The molecule has 0 amide bonds. The first-order valence-corrected chi connectivity index (χ1v) is 11.8. The summed E-state index contributed by atoms with van der Waals surface area (Å²) >= 11 is 1.37. The summed E-state index contributed by atoms with van der Waals surface area (Å²) in [5.74, 6) is 1.63. The number of hydrogen-bond donors (Lipinski definition) is 1. The zero-order chi connectivity index (χ0) is 23.8. The summed E-state index contributed by atoms with van der Waals surface area (Å²) in [4.78, 5) is 18.1. The van der Waals surface area contributed by atoms with Gasteiger partial charge in [-0.1, -0.05) is 30.3 Å². The third kappa shape index (κ3) is 3.91. The van der Waals surface area contributed by atoms with Crippen LogP contribution in [0.15, 0.2) is 93.2 Å². The topological polar surface area (TPSA) is 93.9 Å². The normalized spacial score (nSPS) is 12.3. The molecule has 9 heteroatoms. The predicted molar refractivity (Wildman–Crippen MR) is 134 cm³/mol. The number of fused-ring (bicyclic) bond motifs is 1. The molecule has 0 spiro atoms. The van der Waals surface area contributed by atoms with Crippen molar-refractivity contribution in [2.45, 2.75) is 6.61 Å². The molecule has 0 radical (unpaired) electrons. The van der Waals surface area contributed by atoms with Crippen LogP contribution in [0.25, 0.3) is 27.6 Å². The second kappa shape index (κ2) is 8.69. The van der Waals surface area contributed by atoms with Crippen LogP contribution in [0, 0.1) is 0 Å². The molecular formula is C26H19N5O3S. The number of aromatic amines is 1. The molecular weight excluding hydrogens is 462 g/mol. The van der Waals surface area contributed by atoms with Gasteiger partial charge in [-0.15, -0.1) is 16.5 Å². The maximum absolute atomic E-state index is 13.5. The fraction of sp³-hybridized carbons (Fsp3) is 0.0769. The highest BCUT2D eigenvalue weighted by molar-refractivity contribution is 7.12. The van der Waals surface area contributed by atoms with E-state index in [-0.39, 0.29) is 11.2 Å². The maximum atomic E-state index is 13.5. The van der Waals surface area contributed by atoms with E-state index in [0.29, 0.717) is 23.1 Å². The lowest BCUT2D eigenvalue weighted by molar-refractivity contribution is 0.243. The Labute approximate surface area is 204 Å². The monoisotopic (exact) mass is 481 g/mol. The zero-order valence-electron chi connectivity index (χ0n) is 18.6. The largest absolute Gasteiger partial charge is 0.497 e. The molecule has 0 bridgehead atoms. The summed E-state index contributed by atoms with van der Waals surface area (Å²) in [7, 11) is 1.63. The third-order valence-corrected chi connectivity index (χ3v) is 6.52. The van der Waals surface area contributed by atoms with Crippen LogP contribution >= 0.6 is 11.3 Å². The number of hydrogen-bond acceptors (Lipinski definition) is 7. The molecule has 0 fully saturated rings. The van der Waals surface area contributed by atoms with Gasteiger partial charge in [-0.3, -0.25) is 9.89 Å². The molecule has 6 rings (SSSR count). The highest BCUT2D eigenvalue weighted by Crippen LogP contribution is 2.34. The minimum atomic E-state index is -0.324. The molecule has 0 saturated carbocycles. The number of methoxy groups -OCH3 is 1. The lowest BCUT2D eigenvalue weighted by Gasteiger charge is -2.19. The summed E-state index contributed by atoms with van der Waals surface area (Å²) < 4.78 is 12.0. The van der Waals surface area contributed by atoms with Crippen LogP contribution in [0.3, 0.4) is 0 Å². The second-order valence-electron chi connectivity index (χ2n) is 7.87. The molecule has 172 valence electrons. The van der Waals surface area contributed by atoms with E-state index in [2.05, 4.69) is 20.3 Å². The Morgan fingerprint density at radius 1 is 1.03 bits per heavy atom. The predicted octanol–water partition coefficient (Wildman–Crippen LogP) is 6.27. The molecule has 0 aliphatic carbocycles. The highest BCUT2D eigenvalue weighted by Gasteiger charge is 2.20. The molecule has 8 nitrogen and oxygen atoms in total. The molecule has 1 aliphatic heterocycles. The molecule has 5 aromatic rings. The number of aromatic nitrogens is 3. The Bertz CT molecular complexity index is 1600. The van der Waals surface area contributed by atoms with Crippen molar-refractivity contribution in [3.05, 3.63) is 94.1 Å². The van der Waals surface area contributed by atoms with Gasteiger partial charge in [-0.05, 0) is 42.5 Å². The molecule has 3 heterocycles. The Hall–Kier alpha value is -4.50. The summed E-state index contributed by atoms with van der Waals surface area (Å²) in [5.41, 5.74) is 4.73. The number of azo groups is 1. The number of nitrogens with zero attached hydrogens (tertiary/aromatic N) is 4. The second-order valence-corrected chi connectivity index (χ2v) is 8.70. The smallest absolute Gasteiger partial charge is 0.301 e. The van der Waals surface area contributed by atoms with Crippen LogP contribution in [0.4, 0.5) is 11.4 Å². The standard InChI is InChI=1S/C26H19N5O3S/c1-33-20-10-7-16(8-11-20)21-15-35-26(27-21)31-25(32)24(23(30-31)17-5-3-2-4-6-17)29-28-19-9-12-22-18(13-19)14-34-22/h2-13,15,30H,14H2,1H3. The zero-order valence-corrected chi connectivity index (χ0v) is 19.5. The molecule has 2 aromatic heterocycles. The first kappa shape index (κ1) is 21.1. The minimum Gasteiger partial charge on any atom is -0.497 e. The maximum Gasteiger partial charge on any atom is 0.301 e. The molecule has 0 unspecified atom stereocenters. The van der Waals surface area contributed by atoms with Crippen molar-refractivity contribution in [2.75, 3.05) is 7.11 Å². The van der Waals surface area contributed by atoms with Crippen LogP contribution < -0.4 is 15.0 Å². The number of thiazole rings is 1. The van der Waals surface area contributed by atoms with E-state index in [9.17, 15) is 4.79 Å². The Morgan fingerprint density at radius 3 is 2.57 bits per heavy atom. The van der Waals surface area contributed by atoms with Crippen molar-refractivity contribution < 1.29 is 9.47 Å². The molecule has 0 saturated heterocycles. The number of rotatable bonds is 6. The average Bonchev–Trinajstić information content (AvgIpc) is 3.49. The van der Waals surface area contributed by atoms with E-state index in [0.717, 1.165) is 33.9 Å². The van der Waals surface area contributed by atoms with Crippen LogP contribution in [-0.2, 0) is 6.61 Å². The molecule has 1 N–H and O–H groups in total. The Kier molecular flexibility index (Phi) is 5.23. The van der Waals surface area contributed by atoms with Crippen molar-refractivity contribution in [3.8, 4) is 39.1 Å². The number of H-pyrrole nitrogens is 1. The van der Waals surface area contributed by atoms with Gasteiger partial charge >= 0.3 is 5.56 Å². The van der Waals surface area contributed by atoms with E-state index in [1.165, 1.54) is 16.0 Å². The first-order valence-electron chi connectivity index (χ1n) is 10.9. The van der Waals surface area contributed by atoms with Gasteiger partial charge in [0.25, 0.3) is 0 Å². The summed E-state index contributed by atoms with van der Waals surface area (Å²) in [6.07, 6.45) is 0. The molecule has 35 heavy (non-hydrogen) atoms. The fourth-order valence-corrected chi connectivity index (χ4v) is 4.58. The van der Waals surface area contributed by atoms with E-state index in [4.69, 9.17) is 9.47 Å². The van der Waals surface area contributed by atoms with Crippen molar-refractivity contribution in [1.82, 2.24) is 14.8 Å². The van der Waals surface area contributed by atoms with Crippen molar-refractivity contribution in [1.29, 1.82) is 0 Å². The number of benzene rings is 3. The van der Waals surface area contributed by atoms with Gasteiger partial charge in [0.1, 0.15) is 18.1 Å². The molecule has 0 atom stereocenters. The van der Waals surface area contributed by atoms with Gasteiger partial charge in [0.2, 0.25) is 5.13 Å². The van der Waals surface area contributed by atoms with Gasteiger partial charge < -0.3 is 9.47 Å². The Morgan fingerprint density at radius 2 is 1.86 bits per heavy atom. The summed E-state index contributed by atoms with van der Waals surface area (Å²) in [6, 6.07) is 22.8. The fourth-order valence-electron chi connectivity index (χ4n) is 3.79. The van der Waals surface area contributed by atoms with Crippen LogP contribution in [0.2, 0.25) is 0 Å². The highest BCUT2D eigenvalue weighted by atomic mass is 32.1. The molecule has 1 aliphatic rings. The van der Waals surface area contributed by atoms with Crippen LogP contribution in [-0.4, -0.2) is 21.9 Å². The van der Waals surface area contributed by atoms with E-state index in [1.54, 1.807) is 7.11 Å². The van der Waals surface area contributed by atoms with E-state index < -0.39 is 0 Å². The lowest BCUT2D eigenvalue weighted by atomic mass is 10.1. The van der Waals surface area contributed by atoms with E-state index >= 15 is 0 Å². The van der Waals surface area contributed by atoms with Gasteiger partial charge in [0.15, 0.2) is 5.69 Å².